The first kappa shape index (κ1) is 12.2. The first-order valence-corrected chi connectivity index (χ1v) is 5.50. The molecule has 86 valence electrons. The number of imidazole rings is 1. The first-order chi connectivity index (χ1) is 7.09. The highest BCUT2D eigenvalue weighted by molar-refractivity contribution is 4.91. The van der Waals surface area contributed by atoms with Crippen LogP contribution in [0.4, 0.5) is 0 Å². The fraction of sp³-hybridized carbons (Fsp3) is 0.727. The third kappa shape index (κ3) is 4.44. The molecule has 1 aromatic rings. The van der Waals surface area contributed by atoms with Crippen molar-refractivity contribution in [2.75, 3.05) is 20.1 Å². The van der Waals surface area contributed by atoms with E-state index in [9.17, 15) is 0 Å². The predicted octanol–water partition coefficient (Wildman–Crippen LogP) is 0.632. The Labute approximate surface area is 92.1 Å². The molecule has 0 radical (unpaired) electrons. The molecule has 1 unspecified atom stereocenters. The molecule has 2 N–H and O–H groups in total. The zero-order valence-corrected chi connectivity index (χ0v) is 9.98. The van der Waals surface area contributed by atoms with E-state index in [-0.39, 0.29) is 0 Å². The lowest BCUT2D eigenvalue weighted by Gasteiger charge is -2.17. The number of aryl methyl sites for hydroxylation is 1. The predicted molar refractivity (Wildman–Crippen MR) is 62.7 cm³/mol. The summed E-state index contributed by atoms with van der Waals surface area (Å²) in [4.78, 5) is 6.60. The summed E-state index contributed by atoms with van der Waals surface area (Å²) in [7, 11) is 4.16. The van der Waals surface area contributed by atoms with Crippen LogP contribution in [0.1, 0.15) is 19.2 Å². The summed E-state index contributed by atoms with van der Waals surface area (Å²) < 4.78 is 2.07. The number of nitrogens with two attached hydrogens (primary N) is 1. The Bertz CT molecular complexity index is 280. The summed E-state index contributed by atoms with van der Waals surface area (Å²) in [5.41, 5.74) is 5.71. The molecule has 0 saturated carbocycles. The molecule has 15 heavy (non-hydrogen) atoms. The maximum Gasteiger partial charge on any atom is 0.109 e. The van der Waals surface area contributed by atoms with Gasteiger partial charge in [0.1, 0.15) is 5.82 Å². The molecular weight excluding hydrogens is 188 g/mol. The largest absolute Gasteiger partial charge is 0.338 e. The molecule has 1 atom stereocenters. The molecule has 0 saturated heterocycles. The maximum absolute atomic E-state index is 5.71. The van der Waals surface area contributed by atoms with Gasteiger partial charge >= 0.3 is 0 Å². The van der Waals surface area contributed by atoms with E-state index >= 15 is 0 Å². The number of likely N-dealkylation sites (N-methyl/N-ethyl adjacent to an activating group) is 1. The molecule has 0 aromatic carbocycles. The van der Waals surface area contributed by atoms with Gasteiger partial charge in [-0.1, -0.05) is 0 Å². The molecule has 0 aliphatic heterocycles. The summed E-state index contributed by atoms with van der Waals surface area (Å²) >= 11 is 0. The van der Waals surface area contributed by atoms with Crippen molar-refractivity contribution in [1.29, 1.82) is 0 Å². The molecular formula is C11H22N4. The fourth-order valence-corrected chi connectivity index (χ4v) is 1.46. The van der Waals surface area contributed by atoms with Crippen molar-refractivity contribution in [3.63, 3.8) is 0 Å². The van der Waals surface area contributed by atoms with Crippen molar-refractivity contribution < 1.29 is 0 Å². The Hall–Kier alpha value is -0.870. The summed E-state index contributed by atoms with van der Waals surface area (Å²) in [6.07, 6.45) is 5.88. The molecule has 0 spiro atoms. The molecule has 0 aliphatic rings. The second-order valence-corrected chi connectivity index (χ2v) is 4.27. The van der Waals surface area contributed by atoms with Crippen molar-refractivity contribution in [2.24, 2.45) is 12.8 Å². The van der Waals surface area contributed by atoms with Crippen LogP contribution in [0.25, 0.3) is 0 Å². The number of hydrogen-bond acceptors (Lipinski definition) is 3. The van der Waals surface area contributed by atoms with Crippen molar-refractivity contribution in [1.82, 2.24) is 14.5 Å². The molecule has 1 aromatic heterocycles. The van der Waals surface area contributed by atoms with Gasteiger partial charge in [0, 0.05) is 38.4 Å². The van der Waals surface area contributed by atoms with Gasteiger partial charge in [-0.3, -0.25) is 0 Å². The second-order valence-electron chi connectivity index (χ2n) is 4.27. The smallest absolute Gasteiger partial charge is 0.109 e. The lowest BCUT2D eigenvalue weighted by molar-refractivity contribution is 0.321. The van der Waals surface area contributed by atoms with Crippen LogP contribution in [-0.4, -0.2) is 40.6 Å². The Morgan fingerprint density at radius 2 is 2.27 bits per heavy atom. The fourth-order valence-electron chi connectivity index (χ4n) is 1.46. The van der Waals surface area contributed by atoms with Crippen LogP contribution in [-0.2, 0) is 13.5 Å². The van der Waals surface area contributed by atoms with E-state index in [1.807, 2.05) is 26.4 Å². The lowest BCUT2D eigenvalue weighted by Crippen LogP contribution is -2.28. The van der Waals surface area contributed by atoms with Crippen LogP contribution in [0.5, 0.6) is 0 Å². The zero-order valence-electron chi connectivity index (χ0n) is 9.98. The Kier molecular flexibility index (Phi) is 4.78. The minimum Gasteiger partial charge on any atom is -0.338 e. The summed E-state index contributed by atoms with van der Waals surface area (Å²) in [5.74, 6) is 1.14. The van der Waals surface area contributed by atoms with Crippen LogP contribution in [0.3, 0.4) is 0 Å². The highest BCUT2D eigenvalue weighted by Gasteiger charge is 2.03. The van der Waals surface area contributed by atoms with Gasteiger partial charge in [0.05, 0.1) is 0 Å². The van der Waals surface area contributed by atoms with Crippen LogP contribution >= 0.6 is 0 Å². The molecule has 1 heterocycles. The topological polar surface area (TPSA) is 47.1 Å². The van der Waals surface area contributed by atoms with Crippen molar-refractivity contribution in [2.45, 2.75) is 25.8 Å². The molecule has 4 nitrogen and oxygen atoms in total. The third-order valence-electron chi connectivity index (χ3n) is 2.60. The van der Waals surface area contributed by atoms with Gasteiger partial charge < -0.3 is 15.2 Å². The van der Waals surface area contributed by atoms with Crippen molar-refractivity contribution in [3.05, 3.63) is 18.2 Å². The Morgan fingerprint density at radius 1 is 1.53 bits per heavy atom. The highest BCUT2D eigenvalue weighted by Crippen LogP contribution is 1.98. The van der Waals surface area contributed by atoms with E-state index < -0.39 is 0 Å². The summed E-state index contributed by atoms with van der Waals surface area (Å²) in [6.45, 7) is 4.15. The quantitative estimate of drug-likeness (QED) is 0.749. The van der Waals surface area contributed by atoms with E-state index in [1.54, 1.807) is 0 Å². The maximum atomic E-state index is 5.71. The van der Waals surface area contributed by atoms with Gasteiger partial charge in [-0.25, -0.2) is 4.98 Å². The molecule has 0 aliphatic carbocycles. The number of rotatable bonds is 6. The third-order valence-corrected chi connectivity index (χ3v) is 2.60. The lowest BCUT2D eigenvalue weighted by atomic mass is 10.2. The van der Waals surface area contributed by atoms with Gasteiger partial charge in [0.25, 0.3) is 0 Å². The minimum absolute atomic E-state index is 0.292. The SMILES string of the molecule is CC(N)CCN(C)CCc1nccn1C. The van der Waals surface area contributed by atoms with Crippen LogP contribution in [0.15, 0.2) is 12.4 Å². The minimum atomic E-state index is 0.292. The van der Waals surface area contributed by atoms with Crippen LogP contribution in [0.2, 0.25) is 0 Å². The number of aromatic nitrogens is 2. The van der Waals surface area contributed by atoms with Gasteiger partial charge in [-0.15, -0.1) is 0 Å². The summed E-state index contributed by atoms with van der Waals surface area (Å²) in [6, 6.07) is 0.292. The first-order valence-electron chi connectivity index (χ1n) is 5.50. The van der Waals surface area contributed by atoms with E-state index in [0.717, 1.165) is 31.8 Å². The molecule has 1 rings (SSSR count). The highest BCUT2D eigenvalue weighted by atomic mass is 15.1. The van der Waals surface area contributed by atoms with Crippen LogP contribution in [0, 0.1) is 0 Å². The van der Waals surface area contributed by atoms with Gasteiger partial charge in [0.2, 0.25) is 0 Å². The van der Waals surface area contributed by atoms with Gasteiger partial charge in [0.15, 0.2) is 0 Å². The van der Waals surface area contributed by atoms with E-state index in [0.29, 0.717) is 6.04 Å². The molecule has 0 fully saturated rings. The average molecular weight is 210 g/mol. The molecule has 0 bridgehead atoms. The summed E-state index contributed by atoms with van der Waals surface area (Å²) in [5, 5.41) is 0. The second kappa shape index (κ2) is 5.88. The van der Waals surface area contributed by atoms with E-state index in [2.05, 4.69) is 21.5 Å². The van der Waals surface area contributed by atoms with E-state index in [4.69, 9.17) is 5.73 Å². The molecule has 4 heteroatoms. The van der Waals surface area contributed by atoms with Gasteiger partial charge in [-0.05, 0) is 26.9 Å². The normalized spacial score (nSPS) is 13.4. The van der Waals surface area contributed by atoms with Crippen molar-refractivity contribution in [3.8, 4) is 0 Å². The Balaban J connectivity index is 2.22. The molecule has 0 amide bonds. The van der Waals surface area contributed by atoms with E-state index in [1.165, 1.54) is 0 Å². The van der Waals surface area contributed by atoms with Gasteiger partial charge in [-0.2, -0.15) is 0 Å². The van der Waals surface area contributed by atoms with Crippen molar-refractivity contribution >= 4 is 0 Å². The van der Waals surface area contributed by atoms with Crippen LogP contribution < -0.4 is 5.73 Å². The Morgan fingerprint density at radius 3 is 2.80 bits per heavy atom. The average Bonchev–Trinajstić information content (AvgIpc) is 2.58. The standard InChI is InChI=1S/C11H22N4/c1-10(12)4-7-14(2)8-5-11-13-6-9-15(11)3/h6,9-10H,4-5,7-8,12H2,1-3H3. The number of hydrogen-bond donors (Lipinski definition) is 1. The number of nitrogens with zero attached hydrogens (tertiary/aromatic N) is 3. The zero-order chi connectivity index (χ0) is 11.3. The monoisotopic (exact) mass is 210 g/mol.